The van der Waals surface area contributed by atoms with Crippen molar-refractivity contribution in [2.24, 2.45) is 0 Å². The predicted molar refractivity (Wildman–Crippen MR) is 123 cm³/mol. The Morgan fingerprint density at radius 1 is 0.900 bits per heavy atom. The third-order valence-electron chi connectivity index (χ3n) is 4.49. The molecule has 4 nitrogen and oxygen atoms in total. The molecule has 0 saturated heterocycles. The van der Waals surface area contributed by atoms with E-state index < -0.39 is 0 Å². The first-order valence-corrected chi connectivity index (χ1v) is 10.7. The normalized spacial score (nSPS) is 11.5. The van der Waals surface area contributed by atoms with Gasteiger partial charge in [-0.05, 0) is 67.7 Å². The molecule has 162 valence electrons. The summed E-state index contributed by atoms with van der Waals surface area (Å²) >= 11 is 0. The van der Waals surface area contributed by atoms with Crippen molar-refractivity contribution in [1.29, 1.82) is 0 Å². The molecule has 0 amide bonds. The highest BCUT2D eigenvalue weighted by molar-refractivity contribution is 6.07. The molecule has 0 spiro atoms. The molecular formula is C26H34O4. The Kier molecular flexibility index (Phi) is 8.52. The molecule has 0 saturated carbocycles. The van der Waals surface area contributed by atoms with Crippen molar-refractivity contribution >= 4 is 11.9 Å². The van der Waals surface area contributed by atoms with Crippen LogP contribution in [0.25, 0.3) is 6.08 Å². The first kappa shape index (κ1) is 23.5. The highest BCUT2D eigenvalue weighted by atomic mass is 16.5. The van der Waals surface area contributed by atoms with Crippen molar-refractivity contribution in [3.05, 3.63) is 59.2 Å². The lowest BCUT2D eigenvalue weighted by Gasteiger charge is -2.26. The minimum atomic E-state index is -0.157. The molecule has 2 rings (SSSR count). The maximum Gasteiger partial charge on any atom is 0.185 e. The first-order chi connectivity index (χ1) is 14.3. The van der Waals surface area contributed by atoms with Crippen LogP contribution in [0, 0.1) is 0 Å². The molecule has 0 heterocycles. The fourth-order valence-electron chi connectivity index (χ4n) is 3.26. The monoisotopic (exact) mass is 410 g/mol. The van der Waals surface area contributed by atoms with E-state index in [0.717, 1.165) is 34.8 Å². The van der Waals surface area contributed by atoms with Crippen molar-refractivity contribution in [1.82, 2.24) is 0 Å². The van der Waals surface area contributed by atoms with Gasteiger partial charge in [-0.2, -0.15) is 0 Å². The van der Waals surface area contributed by atoms with Crippen LogP contribution in [0.2, 0.25) is 0 Å². The van der Waals surface area contributed by atoms with Crippen LogP contribution < -0.4 is 14.2 Å². The molecule has 0 aliphatic heterocycles. The van der Waals surface area contributed by atoms with Crippen molar-refractivity contribution in [2.75, 3.05) is 19.8 Å². The summed E-state index contributed by atoms with van der Waals surface area (Å²) in [6, 6.07) is 11.2. The summed E-state index contributed by atoms with van der Waals surface area (Å²) in [7, 11) is 0. The first-order valence-electron chi connectivity index (χ1n) is 10.7. The number of hydrogen-bond acceptors (Lipinski definition) is 4. The minimum absolute atomic E-state index is 0.0586. The van der Waals surface area contributed by atoms with Gasteiger partial charge in [0.05, 0.1) is 19.8 Å². The van der Waals surface area contributed by atoms with E-state index in [2.05, 4.69) is 27.7 Å². The minimum Gasteiger partial charge on any atom is -0.494 e. The molecule has 2 aromatic carbocycles. The molecule has 0 aliphatic rings. The van der Waals surface area contributed by atoms with Gasteiger partial charge in [-0.1, -0.05) is 33.8 Å². The van der Waals surface area contributed by atoms with Crippen LogP contribution in [0.4, 0.5) is 0 Å². The number of hydrogen-bond donors (Lipinski definition) is 0. The van der Waals surface area contributed by atoms with Crippen LogP contribution in [0.15, 0.2) is 42.5 Å². The Hall–Kier alpha value is -2.75. The van der Waals surface area contributed by atoms with Gasteiger partial charge in [0.2, 0.25) is 0 Å². The molecule has 0 unspecified atom stereocenters. The number of carbonyl (C=O) groups excluding carboxylic acids is 1. The number of ether oxygens (including phenoxy) is 3. The Labute approximate surface area is 180 Å². The van der Waals surface area contributed by atoms with E-state index in [1.807, 2.05) is 44.2 Å². The second kappa shape index (κ2) is 10.9. The molecule has 0 bridgehead atoms. The van der Waals surface area contributed by atoms with Crippen LogP contribution in [-0.2, 0) is 5.41 Å². The number of ketones is 1. The van der Waals surface area contributed by atoms with Crippen LogP contribution in [0.1, 0.15) is 69.4 Å². The van der Waals surface area contributed by atoms with E-state index in [1.165, 1.54) is 0 Å². The average molecular weight is 411 g/mol. The molecule has 0 radical (unpaired) electrons. The summed E-state index contributed by atoms with van der Waals surface area (Å²) in [5.74, 6) is 2.24. The maximum absolute atomic E-state index is 12.7. The van der Waals surface area contributed by atoms with Crippen molar-refractivity contribution in [3.63, 3.8) is 0 Å². The Morgan fingerprint density at radius 3 is 2.13 bits per heavy atom. The molecular weight excluding hydrogens is 376 g/mol. The molecule has 0 aromatic heterocycles. The molecule has 0 atom stereocenters. The van der Waals surface area contributed by atoms with E-state index >= 15 is 0 Å². The van der Waals surface area contributed by atoms with Crippen LogP contribution in [0.3, 0.4) is 0 Å². The fraction of sp³-hybridized carbons (Fsp3) is 0.423. The lowest BCUT2D eigenvalue weighted by Crippen LogP contribution is -2.16. The lowest BCUT2D eigenvalue weighted by molar-refractivity contribution is 0.104. The molecule has 0 N–H and O–H groups in total. The zero-order chi connectivity index (χ0) is 22.1. The summed E-state index contributed by atoms with van der Waals surface area (Å²) < 4.78 is 17.2. The largest absolute Gasteiger partial charge is 0.494 e. The predicted octanol–water partition coefficient (Wildman–Crippen LogP) is 6.47. The summed E-state index contributed by atoms with van der Waals surface area (Å²) in [6.45, 7) is 14.2. The quantitative estimate of drug-likeness (QED) is 0.333. The smallest absolute Gasteiger partial charge is 0.185 e. The third-order valence-corrected chi connectivity index (χ3v) is 4.49. The molecule has 4 heteroatoms. The highest BCUT2D eigenvalue weighted by Crippen LogP contribution is 2.38. The Morgan fingerprint density at radius 2 is 1.57 bits per heavy atom. The van der Waals surface area contributed by atoms with Crippen molar-refractivity contribution in [2.45, 2.75) is 53.4 Å². The standard InChI is InChI=1S/C26H34O4/c1-7-16-30-21-13-10-19(11-14-21)23(27)15-12-20-17-22(28-8-2)18-24(29-9-3)25(20)26(4,5)6/h10-15,17-18H,7-9,16H2,1-6H3. The molecule has 0 aliphatic carbocycles. The number of rotatable bonds is 10. The summed E-state index contributed by atoms with van der Waals surface area (Å²) in [5.41, 5.74) is 2.45. The van der Waals surface area contributed by atoms with Crippen LogP contribution >= 0.6 is 0 Å². The van der Waals surface area contributed by atoms with Gasteiger partial charge in [-0.15, -0.1) is 0 Å². The number of carbonyl (C=O) groups is 1. The third kappa shape index (κ3) is 6.38. The summed E-state index contributed by atoms with van der Waals surface area (Å²) in [4.78, 5) is 12.7. The summed E-state index contributed by atoms with van der Waals surface area (Å²) in [5, 5.41) is 0. The van der Waals surface area contributed by atoms with Gasteiger partial charge in [0, 0.05) is 17.2 Å². The van der Waals surface area contributed by atoms with Crippen molar-refractivity contribution < 1.29 is 19.0 Å². The second-order valence-corrected chi connectivity index (χ2v) is 8.07. The zero-order valence-corrected chi connectivity index (χ0v) is 19.1. The fourth-order valence-corrected chi connectivity index (χ4v) is 3.26. The highest BCUT2D eigenvalue weighted by Gasteiger charge is 2.23. The molecule has 0 fully saturated rings. The van der Waals surface area contributed by atoms with Crippen molar-refractivity contribution in [3.8, 4) is 17.2 Å². The maximum atomic E-state index is 12.7. The molecule has 2 aromatic rings. The van der Waals surface area contributed by atoms with Gasteiger partial charge in [-0.25, -0.2) is 0 Å². The summed E-state index contributed by atoms with van der Waals surface area (Å²) in [6.07, 6.45) is 4.41. The topological polar surface area (TPSA) is 44.8 Å². The number of allylic oxidation sites excluding steroid dienone is 1. The Bertz CT molecular complexity index is 858. The lowest BCUT2D eigenvalue weighted by atomic mass is 9.82. The number of benzene rings is 2. The van der Waals surface area contributed by atoms with Gasteiger partial charge in [0.15, 0.2) is 5.78 Å². The molecule has 30 heavy (non-hydrogen) atoms. The Balaban J connectivity index is 2.36. The van der Waals surface area contributed by atoms with Gasteiger partial charge >= 0.3 is 0 Å². The van der Waals surface area contributed by atoms with E-state index in [-0.39, 0.29) is 11.2 Å². The van der Waals surface area contributed by atoms with E-state index in [9.17, 15) is 4.79 Å². The van der Waals surface area contributed by atoms with Gasteiger partial charge in [-0.3, -0.25) is 4.79 Å². The SMILES string of the molecule is CCCOc1ccc(C(=O)C=Cc2cc(OCC)cc(OCC)c2C(C)(C)C)cc1. The van der Waals surface area contributed by atoms with E-state index in [0.29, 0.717) is 25.4 Å². The van der Waals surface area contributed by atoms with Gasteiger partial charge in [0.25, 0.3) is 0 Å². The van der Waals surface area contributed by atoms with E-state index in [1.54, 1.807) is 18.2 Å². The zero-order valence-electron chi connectivity index (χ0n) is 19.1. The van der Waals surface area contributed by atoms with E-state index in [4.69, 9.17) is 14.2 Å². The average Bonchev–Trinajstić information content (AvgIpc) is 2.70. The van der Waals surface area contributed by atoms with Gasteiger partial charge < -0.3 is 14.2 Å². The van der Waals surface area contributed by atoms with Crippen LogP contribution in [0.5, 0.6) is 17.2 Å². The van der Waals surface area contributed by atoms with Gasteiger partial charge in [0.1, 0.15) is 17.2 Å². The second-order valence-electron chi connectivity index (χ2n) is 8.07. The van der Waals surface area contributed by atoms with Crippen LogP contribution in [-0.4, -0.2) is 25.6 Å².